The first-order valence-electron chi connectivity index (χ1n) is 7.22. The fourth-order valence-corrected chi connectivity index (χ4v) is 2.62. The molecule has 1 fully saturated rings. The number of amides is 1. The third-order valence-corrected chi connectivity index (χ3v) is 3.96. The number of nitrogens with zero attached hydrogens (tertiary/aromatic N) is 2. The van der Waals surface area contributed by atoms with E-state index in [-0.39, 0.29) is 11.3 Å². The molecule has 0 saturated carbocycles. The van der Waals surface area contributed by atoms with E-state index in [4.69, 9.17) is 0 Å². The summed E-state index contributed by atoms with van der Waals surface area (Å²) in [6.45, 7) is 7.52. The molecule has 1 atom stereocenters. The lowest BCUT2D eigenvalue weighted by molar-refractivity contribution is -0.128. The van der Waals surface area contributed by atoms with Crippen molar-refractivity contribution in [3.63, 3.8) is 0 Å². The minimum atomic E-state index is -0.307. The normalized spacial score (nSPS) is 22.1. The van der Waals surface area contributed by atoms with Crippen LogP contribution in [-0.4, -0.2) is 37.6 Å². The number of aromatic nitrogens is 1. The summed E-state index contributed by atoms with van der Waals surface area (Å²) in [7, 11) is 1.70. The monoisotopic (exact) mass is 276 g/mol. The molecule has 0 aromatic carbocycles. The van der Waals surface area contributed by atoms with Crippen LogP contribution in [-0.2, 0) is 11.3 Å². The Morgan fingerprint density at radius 2 is 2.30 bits per heavy atom. The summed E-state index contributed by atoms with van der Waals surface area (Å²) in [6.07, 6.45) is 2.78. The van der Waals surface area contributed by atoms with Crippen LogP contribution in [0.4, 0.5) is 5.82 Å². The molecule has 1 aromatic heterocycles. The van der Waals surface area contributed by atoms with Crippen molar-refractivity contribution in [1.82, 2.24) is 15.6 Å². The van der Waals surface area contributed by atoms with E-state index in [0.717, 1.165) is 38.4 Å². The molecule has 5 heteroatoms. The molecule has 0 radical (unpaired) electrons. The quantitative estimate of drug-likeness (QED) is 0.847. The van der Waals surface area contributed by atoms with E-state index in [0.29, 0.717) is 0 Å². The third kappa shape index (κ3) is 3.10. The number of rotatable bonds is 5. The molecule has 110 valence electrons. The molecule has 1 saturated heterocycles. The molecule has 2 N–H and O–H groups in total. The predicted octanol–water partition coefficient (Wildman–Crippen LogP) is 1.15. The lowest BCUT2D eigenvalue weighted by atomic mass is 9.89. The zero-order valence-electron chi connectivity index (χ0n) is 12.6. The fraction of sp³-hybridized carbons (Fsp3) is 0.600. The van der Waals surface area contributed by atoms with Crippen LogP contribution in [0, 0.1) is 5.41 Å². The summed E-state index contributed by atoms with van der Waals surface area (Å²) in [5.74, 6) is 1.07. The van der Waals surface area contributed by atoms with Gasteiger partial charge in [-0.2, -0.15) is 0 Å². The Morgan fingerprint density at radius 1 is 1.50 bits per heavy atom. The van der Waals surface area contributed by atoms with Crippen molar-refractivity contribution in [2.24, 2.45) is 5.41 Å². The zero-order valence-corrected chi connectivity index (χ0v) is 12.6. The van der Waals surface area contributed by atoms with Crippen LogP contribution in [0.5, 0.6) is 0 Å². The minimum Gasteiger partial charge on any atom is -0.359 e. The number of hydrogen-bond acceptors (Lipinski definition) is 4. The molecule has 5 nitrogen and oxygen atoms in total. The van der Waals surface area contributed by atoms with Gasteiger partial charge < -0.3 is 15.5 Å². The second-order valence-corrected chi connectivity index (χ2v) is 5.62. The van der Waals surface area contributed by atoms with Gasteiger partial charge in [-0.05, 0) is 31.5 Å². The minimum absolute atomic E-state index is 0.115. The Morgan fingerprint density at radius 3 is 2.90 bits per heavy atom. The predicted molar refractivity (Wildman–Crippen MR) is 80.6 cm³/mol. The molecule has 0 aliphatic carbocycles. The van der Waals surface area contributed by atoms with Gasteiger partial charge in [0, 0.05) is 32.9 Å². The second kappa shape index (κ2) is 6.22. The molecule has 2 heterocycles. The number of pyridine rings is 1. The summed E-state index contributed by atoms with van der Waals surface area (Å²) in [5.41, 5.74) is 0.877. The van der Waals surface area contributed by atoms with Crippen LogP contribution < -0.4 is 15.5 Å². The van der Waals surface area contributed by atoms with Gasteiger partial charge in [-0.1, -0.05) is 13.0 Å². The highest BCUT2D eigenvalue weighted by Crippen LogP contribution is 2.32. The van der Waals surface area contributed by atoms with Gasteiger partial charge in [-0.3, -0.25) is 4.79 Å². The van der Waals surface area contributed by atoms with Gasteiger partial charge in [0.1, 0.15) is 5.82 Å². The van der Waals surface area contributed by atoms with Crippen molar-refractivity contribution in [2.75, 3.05) is 31.6 Å². The van der Waals surface area contributed by atoms with Gasteiger partial charge in [-0.25, -0.2) is 4.98 Å². The van der Waals surface area contributed by atoms with Crippen LogP contribution >= 0.6 is 0 Å². The van der Waals surface area contributed by atoms with E-state index in [1.807, 2.05) is 19.2 Å². The Hall–Kier alpha value is -1.62. The average Bonchev–Trinajstić information content (AvgIpc) is 2.88. The summed E-state index contributed by atoms with van der Waals surface area (Å²) in [6, 6.07) is 4.14. The van der Waals surface area contributed by atoms with Crippen molar-refractivity contribution < 1.29 is 4.79 Å². The SMILES string of the molecule is CCNCc1ccc(N2CCC(C)(C(=O)NC)C2)nc1. The number of anilines is 1. The van der Waals surface area contributed by atoms with Crippen molar-refractivity contribution in [2.45, 2.75) is 26.8 Å². The van der Waals surface area contributed by atoms with Crippen LogP contribution in [0.15, 0.2) is 18.3 Å². The first-order chi connectivity index (χ1) is 9.59. The summed E-state index contributed by atoms with van der Waals surface area (Å²) >= 11 is 0. The Kier molecular flexibility index (Phi) is 4.60. The Labute approximate surface area is 120 Å². The van der Waals surface area contributed by atoms with E-state index in [1.165, 1.54) is 5.56 Å². The van der Waals surface area contributed by atoms with Crippen LogP contribution in [0.3, 0.4) is 0 Å². The molecule has 1 amide bonds. The number of carbonyl (C=O) groups excluding carboxylic acids is 1. The van der Waals surface area contributed by atoms with E-state index in [9.17, 15) is 4.79 Å². The number of hydrogen-bond donors (Lipinski definition) is 2. The van der Waals surface area contributed by atoms with Gasteiger partial charge in [-0.15, -0.1) is 0 Å². The second-order valence-electron chi connectivity index (χ2n) is 5.62. The van der Waals surface area contributed by atoms with Gasteiger partial charge in [0.25, 0.3) is 0 Å². The summed E-state index contributed by atoms with van der Waals surface area (Å²) in [4.78, 5) is 18.6. The maximum Gasteiger partial charge on any atom is 0.227 e. The van der Waals surface area contributed by atoms with Crippen LogP contribution in [0.25, 0.3) is 0 Å². The molecule has 1 unspecified atom stereocenters. The van der Waals surface area contributed by atoms with Gasteiger partial charge in [0.15, 0.2) is 0 Å². The van der Waals surface area contributed by atoms with Crippen LogP contribution in [0.2, 0.25) is 0 Å². The van der Waals surface area contributed by atoms with E-state index in [2.05, 4.69) is 33.5 Å². The molecule has 1 aliphatic rings. The Balaban J connectivity index is 2.01. The van der Waals surface area contributed by atoms with Crippen molar-refractivity contribution in [3.8, 4) is 0 Å². The maximum atomic E-state index is 11.9. The first-order valence-corrected chi connectivity index (χ1v) is 7.22. The highest BCUT2D eigenvalue weighted by molar-refractivity contribution is 5.83. The van der Waals surface area contributed by atoms with Crippen LogP contribution in [0.1, 0.15) is 25.8 Å². The standard InChI is InChI=1S/C15H24N4O/c1-4-17-9-12-5-6-13(18-10-12)19-8-7-15(2,11-19)14(20)16-3/h5-6,10,17H,4,7-9,11H2,1-3H3,(H,16,20). The summed E-state index contributed by atoms with van der Waals surface area (Å²) in [5, 5.41) is 6.04. The van der Waals surface area contributed by atoms with E-state index >= 15 is 0 Å². The number of nitrogens with one attached hydrogen (secondary N) is 2. The average molecular weight is 276 g/mol. The molecule has 1 aromatic rings. The summed E-state index contributed by atoms with van der Waals surface area (Å²) < 4.78 is 0. The van der Waals surface area contributed by atoms with E-state index < -0.39 is 0 Å². The maximum absolute atomic E-state index is 11.9. The first kappa shape index (κ1) is 14.8. The number of carbonyl (C=O) groups is 1. The Bertz CT molecular complexity index is 459. The molecule has 1 aliphatic heterocycles. The highest BCUT2D eigenvalue weighted by atomic mass is 16.2. The lowest BCUT2D eigenvalue weighted by Crippen LogP contribution is -2.39. The fourth-order valence-electron chi connectivity index (χ4n) is 2.62. The molecular formula is C15H24N4O. The zero-order chi connectivity index (χ0) is 14.6. The van der Waals surface area contributed by atoms with Gasteiger partial charge in [0.2, 0.25) is 5.91 Å². The smallest absolute Gasteiger partial charge is 0.227 e. The molecule has 20 heavy (non-hydrogen) atoms. The van der Waals surface area contributed by atoms with Gasteiger partial charge >= 0.3 is 0 Å². The van der Waals surface area contributed by atoms with Crippen molar-refractivity contribution in [1.29, 1.82) is 0 Å². The lowest BCUT2D eigenvalue weighted by Gasteiger charge is -2.23. The van der Waals surface area contributed by atoms with Gasteiger partial charge in [0.05, 0.1) is 5.41 Å². The molecule has 0 bridgehead atoms. The topological polar surface area (TPSA) is 57.3 Å². The molecule has 0 spiro atoms. The third-order valence-electron chi connectivity index (χ3n) is 3.96. The van der Waals surface area contributed by atoms with Crippen molar-refractivity contribution >= 4 is 11.7 Å². The van der Waals surface area contributed by atoms with Crippen molar-refractivity contribution in [3.05, 3.63) is 23.9 Å². The molecular weight excluding hydrogens is 252 g/mol. The largest absolute Gasteiger partial charge is 0.359 e. The van der Waals surface area contributed by atoms with E-state index in [1.54, 1.807) is 7.05 Å². The highest BCUT2D eigenvalue weighted by Gasteiger charge is 2.40. The molecule has 2 rings (SSSR count).